The Morgan fingerprint density at radius 1 is 1.25 bits per heavy atom. The Labute approximate surface area is 100 Å². The van der Waals surface area contributed by atoms with Crippen LogP contribution in [0.15, 0.2) is 41.8 Å². The number of hydrogen-bond acceptors (Lipinski definition) is 3. The third-order valence-corrected chi connectivity index (χ3v) is 3.37. The van der Waals surface area contributed by atoms with Crippen molar-refractivity contribution >= 4 is 17.0 Å². The Morgan fingerprint density at radius 2 is 2.06 bits per heavy atom. The number of nitrogens with one attached hydrogen (secondary N) is 1. The van der Waals surface area contributed by atoms with E-state index in [1.807, 2.05) is 6.07 Å². The van der Waals surface area contributed by atoms with Gasteiger partial charge in [-0.1, -0.05) is 24.3 Å². The number of nitrogens with two attached hydrogens (primary N) is 1. The summed E-state index contributed by atoms with van der Waals surface area (Å²) in [4.78, 5) is 1.28. The van der Waals surface area contributed by atoms with E-state index in [4.69, 9.17) is 5.73 Å². The molecule has 0 spiro atoms. The molecular formula is C13H16N2S. The second-order valence-electron chi connectivity index (χ2n) is 3.80. The van der Waals surface area contributed by atoms with Gasteiger partial charge in [0.2, 0.25) is 0 Å². The monoisotopic (exact) mass is 232 g/mol. The molecule has 0 radical (unpaired) electrons. The fourth-order valence-electron chi connectivity index (χ4n) is 1.58. The van der Waals surface area contributed by atoms with Crippen molar-refractivity contribution in [2.24, 2.45) is 5.73 Å². The molecular weight excluding hydrogens is 216 g/mol. The van der Waals surface area contributed by atoms with Crippen molar-refractivity contribution in [2.45, 2.75) is 13.0 Å². The lowest BCUT2D eigenvalue weighted by Crippen LogP contribution is -2.25. The maximum absolute atomic E-state index is 5.63. The van der Waals surface area contributed by atoms with E-state index in [-0.39, 0.29) is 0 Å². The Kier molecular flexibility index (Phi) is 3.59. The summed E-state index contributed by atoms with van der Waals surface area (Å²) in [6, 6.07) is 12.8. The molecule has 0 fully saturated rings. The Bertz CT molecular complexity index is 437. The fraction of sp³-hybridized carbons (Fsp3) is 0.231. The molecule has 1 atom stereocenters. The van der Waals surface area contributed by atoms with Crippen LogP contribution >= 0.6 is 11.3 Å². The summed E-state index contributed by atoms with van der Waals surface area (Å²) < 4.78 is 0. The van der Waals surface area contributed by atoms with Crippen LogP contribution in [0.4, 0.5) is 5.69 Å². The van der Waals surface area contributed by atoms with Gasteiger partial charge in [-0.05, 0) is 24.4 Å². The molecule has 2 rings (SSSR count). The number of rotatable bonds is 4. The first-order valence-electron chi connectivity index (χ1n) is 5.41. The van der Waals surface area contributed by atoms with E-state index in [0.29, 0.717) is 12.6 Å². The first-order valence-corrected chi connectivity index (χ1v) is 6.28. The van der Waals surface area contributed by atoms with Gasteiger partial charge in [0.25, 0.3) is 0 Å². The molecule has 3 heteroatoms. The molecule has 1 aromatic carbocycles. The van der Waals surface area contributed by atoms with Crippen molar-refractivity contribution in [3.05, 3.63) is 41.8 Å². The van der Waals surface area contributed by atoms with Crippen LogP contribution in [0.25, 0.3) is 10.4 Å². The maximum Gasteiger partial charge on any atom is 0.0430 e. The highest BCUT2D eigenvalue weighted by Crippen LogP contribution is 2.31. The van der Waals surface area contributed by atoms with Gasteiger partial charge < -0.3 is 11.1 Å². The molecule has 1 unspecified atom stereocenters. The lowest BCUT2D eigenvalue weighted by Gasteiger charge is -2.15. The largest absolute Gasteiger partial charge is 0.381 e. The molecule has 1 aromatic heterocycles. The SMILES string of the molecule is CC(CN)Nc1ccccc1-c1cccs1. The van der Waals surface area contributed by atoms with Gasteiger partial charge in [-0.2, -0.15) is 0 Å². The molecule has 0 aliphatic carbocycles. The van der Waals surface area contributed by atoms with Crippen LogP contribution in [0.5, 0.6) is 0 Å². The molecule has 0 saturated carbocycles. The minimum Gasteiger partial charge on any atom is -0.381 e. The summed E-state index contributed by atoms with van der Waals surface area (Å²) in [5.74, 6) is 0. The first-order chi connectivity index (χ1) is 7.81. The Morgan fingerprint density at radius 3 is 2.75 bits per heavy atom. The Balaban J connectivity index is 2.31. The normalized spacial score (nSPS) is 12.4. The summed E-state index contributed by atoms with van der Waals surface area (Å²) >= 11 is 1.75. The van der Waals surface area contributed by atoms with Crippen molar-refractivity contribution in [3.8, 4) is 10.4 Å². The quantitative estimate of drug-likeness (QED) is 0.849. The third-order valence-electron chi connectivity index (χ3n) is 2.47. The predicted octanol–water partition coefficient (Wildman–Crippen LogP) is 3.17. The number of para-hydroxylation sites is 1. The highest BCUT2D eigenvalue weighted by molar-refractivity contribution is 7.13. The van der Waals surface area contributed by atoms with Crippen molar-refractivity contribution in [1.82, 2.24) is 0 Å². The van der Waals surface area contributed by atoms with Crippen molar-refractivity contribution in [3.63, 3.8) is 0 Å². The fourth-order valence-corrected chi connectivity index (χ4v) is 2.35. The van der Waals surface area contributed by atoms with Crippen LogP contribution in [0.2, 0.25) is 0 Å². The molecule has 16 heavy (non-hydrogen) atoms. The van der Waals surface area contributed by atoms with E-state index < -0.39 is 0 Å². The van der Waals surface area contributed by atoms with E-state index in [1.54, 1.807) is 11.3 Å². The number of hydrogen-bond donors (Lipinski definition) is 2. The van der Waals surface area contributed by atoms with Gasteiger partial charge in [-0.25, -0.2) is 0 Å². The van der Waals surface area contributed by atoms with Crippen LogP contribution in [-0.4, -0.2) is 12.6 Å². The summed E-state index contributed by atoms with van der Waals surface area (Å²) in [6.07, 6.45) is 0. The maximum atomic E-state index is 5.63. The highest BCUT2D eigenvalue weighted by atomic mass is 32.1. The molecule has 2 aromatic rings. The Hall–Kier alpha value is -1.32. The van der Waals surface area contributed by atoms with Crippen LogP contribution in [0.1, 0.15) is 6.92 Å². The lowest BCUT2D eigenvalue weighted by atomic mass is 10.1. The summed E-state index contributed by atoms with van der Waals surface area (Å²) in [7, 11) is 0. The predicted molar refractivity (Wildman–Crippen MR) is 71.9 cm³/mol. The van der Waals surface area contributed by atoms with E-state index in [2.05, 4.69) is 48.0 Å². The molecule has 3 N–H and O–H groups in total. The second-order valence-corrected chi connectivity index (χ2v) is 4.75. The lowest BCUT2D eigenvalue weighted by molar-refractivity contribution is 0.804. The van der Waals surface area contributed by atoms with Gasteiger partial charge in [0.05, 0.1) is 0 Å². The zero-order chi connectivity index (χ0) is 11.4. The molecule has 2 nitrogen and oxygen atoms in total. The van der Waals surface area contributed by atoms with Gasteiger partial charge in [-0.15, -0.1) is 11.3 Å². The van der Waals surface area contributed by atoms with Crippen LogP contribution < -0.4 is 11.1 Å². The van der Waals surface area contributed by atoms with Crippen LogP contribution in [0.3, 0.4) is 0 Å². The van der Waals surface area contributed by atoms with E-state index in [9.17, 15) is 0 Å². The van der Waals surface area contributed by atoms with Gasteiger partial charge in [0, 0.05) is 28.7 Å². The van der Waals surface area contributed by atoms with Gasteiger partial charge >= 0.3 is 0 Å². The average molecular weight is 232 g/mol. The second kappa shape index (κ2) is 5.14. The summed E-state index contributed by atoms with van der Waals surface area (Å²) in [5.41, 5.74) is 8.03. The van der Waals surface area contributed by atoms with Gasteiger partial charge in [0.15, 0.2) is 0 Å². The van der Waals surface area contributed by atoms with Crippen molar-refractivity contribution in [2.75, 3.05) is 11.9 Å². The van der Waals surface area contributed by atoms with Crippen molar-refractivity contribution in [1.29, 1.82) is 0 Å². The molecule has 1 heterocycles. The number of anilines is 1. The summed E-state index contributed by atoms with van der Waals surface area (Å²) in [6.45, 7) is 2.73. The molecule has 84 valence electrons. The van der Waals surface area contributed by atoms with Crippen LogP contribution in [0, 0.1) is 0 Å². The molecule has 0 bridgehead atoms. The minimum absolute atomic E-state index is 0.293. The number of thiophene rings is 1. The van der Waals surface area contributed by atoms with E-state index >= 15 is 0 Å². The zero-order valence-electron chi connectivity index (χ0n) is 9.31. The standard InChI is InChI=1S/C13H16N2S/c1-10(9-14)15-12-6-3-2-5-11(12)13-7-4-8-16-13/h2-8,10,15H,9,14H2,1H3. The van der Waals surface area contributed by atoms with E-state index in [1.165, 1.54) is 10.4 Å². The first kappa shape index (κ1) is 11.2. The van der Waals surface area contributed by atoms with E-state index in [0.717, 1.165) is 5.69 Å². The topological polar surface area (TPSA) is 38.0 Å². The van der Waals surface area contributed by atoms with Crippen LogP contribution in [-0.2, 0) is 0 Å². The summed E-state index contributed by atoms with van der Waals surface area (Å²) in [5, 5.41) is 5.53. The molecule has 0 aliphatic heterocycles. The minimum atomic E-state index is 0.293. The zero-order valence-corrected chi connectivity index (χ0v) is 10.1. The van der Waals surface area contributed by atoms with Gasteiger partial charge in [0.1, 0.15) is 0 Å². The molecule has 0 amide bonds. The smallest absolute Gasteiger partial charge is 0.0430 e. The highest BCUT2D eigenvalue weighted by Gasteiger charge is 2.06. The third kappa shape index (κ3) is 2.43. The van der Waals surface area contributed by atoms with Crippen molar-refractivity contribution < 1.29 is 0 Å². The molecule has 0 saturated heterocycles. The molecule has 0 aliphatic rings. The number of benzene rings is 1. The van der Waals surface area contributed by atoms with Gasteiger partial charge in [-0.3, -0.25) is 0 Å². The average Bonchev–Trinajstić information content (AvgIpc) is 2.83.